The zero-order valence-corrected chi connectivity index (χ0v) is 23.6. The van der Waals surface area contributed by atoms with Gasteiger partial charge >= 0.3 is 5.97 Å². The SMILES string of the molecule is CCOC(=O)[C@H]1CCCN(C(=O)c2coc(CN(Cc3ccc(F)cc3)Cc3cccc(Oc4ccccc4)c3)n2)C1. The normalized spacial score (nSPS) is 15.0. The highest BCUT2D eigenvalue weighted by Crippen LogP contribution is 2.24. The van der Waals surface area contributed by atoms with Crippen LogP contribution in [0.4, 0.5) is 4.39 Å². The van der Waals surface area contributed by atoms with E-state index in [1.807, 2.05) is 54.6 Å². The predicted molar refractivity (Wildman–Crippen MR) is 154 cm³/mol. The Kier molecular flexibility index (Phi) is 9.61. The third-order valence-corrected chi connectivity index (χ3v) is 7.06. The number of hydrogen-bond acceptors (Lipinski definition) is 7. The molecule has 1 fully saturated rings. The highest BCUT2D eigenvalue weighted by Gasteiger charge is 2.31. The minimum atomic E-state index is -0.332. The van der Waals surface area contributed by atoms with E-state index in [0.717, 1.165) is 23.3 Å². The van der Waals surface area contributed by atoms with Crippen molar-refractivity contribution in [2.24, 2.45) is 5.92 Å². The highest BCUT2D eigenvalue weighted by atomic mass is 19.1. The van der Waals surface area contributed by atoms with E-state index in [0.29, 0.717) is 57.4 Å². The number of amides is 1. The molecule has 42 heavy (non-hydrogen) atoms. The van der Waals surface area contributed by atoms with E-state index < -0.39 is 0 Å². The van der Waals surface area contributed by atoms with Crippen molar-refractivity contribution in [2.45, 2.75) is 39.4 Å². The Morgan fingerprint density at radius 2 is 1.74 bits per heavy atom. The summed E-state index contributed by atoms with van der Waals surface area (Å²) in [5.74, 6) is 0.678. The summed E-state index contributed by atoms with van der Waals surface area (Å²) in [6, 6.07) is 23.8. The molecule has 3 aromatic carbocycles. The fraction of sp³-hybridized carbons (Fsp3) is 0.303. The molecule has 0 radical (unpaired) electrons. The van der Waals surface area contributed by atoms with Crippen molar-refractivity contribution in [1.82, 2.24) is 14.8 Å². The molecule has 0 aliphatic carbocycles. The lowest BCUT2D eigenvalue weighted by Crippen LogP contribution is -2.43. The molecule has 0 bridgehead atoms. The maximum Gasteiger partial charge on any atom is 0.310 e. The van der Waals surface area contributed by atoms with Crippen molar-refractivity contribution in [2.75, 3.05) is 19.7 Å². The summed E-state index contributed by atoms with van der Waals surface area (Å²) in [5, 5.41) is 0. The molecule has 9 heteroatoms. The Morgan fingerprint density at radius 3 is 2.52 bits per heavy atom. The number of carbonyl (C=O) groups excluding carboxylic acids is 2. The van der Waals surface area contributed by atoms with Gasteiger partial charge in [0.1, 0.15) is 23.6 Å². The number of likely N-dealkylation sites (tertiary alicyclic amines) is 1. The van der Waals surface area contributed by atoms with Gasteiger partial charge in [-0.25, -0.2) is 9.37 Å². The van der Waals surface area contributed by atoms with Crippen molar-refractivity contribution < 1.29 is 27.9 Å². The van der Waals surface area contributed by atoms with Crippen LogP contribution in [0.15, 0.2) is 89.5 Å². The van der Waals surface area contributed by atoms with Gasteiger partial charge < -0.3 is 18.8 Å². The van der Waals surface area contributed by atoms with Crippen LogP contribution in [0, 0.1) is 11.7 Å². The molecule has 1 aliphatic heterocycles. The molecule has 8 nitrogen and oxygen atoms in total. The van der Waals surface area contributed by atoms with Gasteiger partial charge in [0.2, 0.25) is 5.89 Å². The summed E-state index contributed by atoms with van der Waals surface area (Å²) >= 11 is 0. The summed E-state index contributed by atoms with van der Waals surface area (Å²) in [6.07, 6.45) is 2.79. The summed E-state index contributed by atoms with van der Waals surface area (Å²) in [6.45, 7) is 4.29. The number of rotatable bonds is 11. The van der Waals surface area contributed by atoms with Crippen molar-refractivity contribution in [1.29, 1.82) is 0 Å². The molecule has 218 valence electrons. The number of aromatic nitrogens is 1. The average Bonchev–Trinajstić information content (AvgIpc) is 3.47. The van der Waals surface area contributed by atoms with E-state index in [2.05, 4.69) is 9.88 Å². The van der Waals surface area contributed by atoms with Crippen molar-refractivity contribution in [3.8, 4) is 11.5 Å². The smallest absolute Gasteiger partial charge is 0.310 e. The molecular weight excluding hydrogens is 537 g/mol. The van der Waals surface area contributed by atoms with E-state index in [1.165, 1.54) is 18.4 Å². The topological polar surface area (TPSA) is 85.1 Å². The van der Waals surface area contributed by atoms with Crippen LogP contribution in [0.5, 0.6) is 11.5 Å². The molecule has 1 amide bonds. The first-order valence-corrected chi connectivity index (χ1v) is 14.2. The number of benzene rings is 3. The third-order valence-electron chi connectivity index (χ3n) is 7.06. The predicted octanol–water partition coefficient (Wildman–Crippen LogP) is 6.22. The maximum absolute atomic E-state index is 13.6. The van der Waals surface area contributed by atoms with Gasteiger partial charge in [-0.05, 0) is 67.3 Å². The van der Waals surface area contributed by atoms with Crippen LogP contribution >= 0.6 is 0 Å². The van der Waals surface area contributed by atoms with Gasteiger partial charge in [0.05, 0.1) is 19.1 Å². The van der Waals surface area contributed by atoms with E-state index in [4.69, 9.17) is 13.9 Å². The van der Waals surface area contributed by atoms with Crippen LogP contribution in [0.3, 0.4) is 0 Å². The van der Waals surface area contributed by atoms with Crippen molar-refractivity contribution >= 4 is 11.9 Å². The highest BCUT2D eigenvalue weighted by molar-refractivity contribution is 5.92. The van der Waals surface area contributed by atoms with Crippen LogP contribution in [0.25, 0.3) is 0 Å². The monoisotopic (exact) mass is 571 g/mol. The molecule has 2 heterocycles. The lowest BCUT2D eigenvalue weighted by molar-refractivity contribution is -0.149. The maximum atomic E-state index is 13.6. The summed E-state index contributed by atoms with van der Waals surface area (Å²) in [7, 11) is 0. The molecule has 1 aliphatic rings. The fourth-order valence-corrected chi connectivity index (χ4v) is 5.05. The lowest BCUT2D eigenvalue weighted by atomic mass is 9.98. The largest absolute Gasteiger partial charge is 0.466 e. The Bertz CT molecular complexity index is 1470. The average molecular weight is 572 g/mol. The van der Waals surface area contributed by atoms with Gasteiger partial charge in [0.25, 0.3) is 5.91 Å². The van der Waals surface area contributed by atoms with Crippen LogP contribution in [-0.4, -0.2) is 46.4 Å². The number of nitrogens with zero attached hydrogens (tertiary/aromatic N) is 3. The second-order valence-electron chi connectivity index (χ2n) is 10.3. The molecular formula is C33H34FN3O5. The van der Waals surface area contributed by atoms with E-state index in [-0.39, 0.29) is 29.3 Å². The Balaban J connectivity index is 1.29. The molecule has 0 unspecified atom stereocenters. The first-order valence-electron chi connectivity index (χ1n) is 14.2. The number of halogens is 1. The first kappa shape index (κ1) is 29.0. The number of carbonyl (C=O) groups is 2. The van der Waals surface area contributed by atoms with Gasteiger partial charge in [0, 0.05) is 26.2 Å². The Hall–Kier alpha value is -4.50. The lowest BCUT2D eigenvalue weighted by Gasteiger charge is -2.30. The van der Waals surface area contributed by atoms with Crippen LogP contribution in [0.2, 0.25) is 0 Å². The third kappa shape index (κ3) is 7.82. The second-order valence-corrected chi connectivity index (χ2v) is 10.3. The number of para-hydroxylation sites is 1. The van der Waals surface area contributed by atoms with Crippen molar-refractivity contribution in [3.63, 3.8) is 0 Å². The van der Waals surface area contributed by atoms with Crippen LogP contribution in [0.1, 0.15) is 47.3 Å². The summed E-state index contributed by atoms with van der Waals surface area (Å²) < 4.78 is 30.5. The van der Waals surface area contributed by atoms with Gasteiger partial charge in [0.15, 0.2) is 5.69 Å². The minimum Gasteiger partial charge on any atom is -0.466 e. The first-order chi connectivity index (χ1) is 20.5. The molecule has 1 saturated heterocycles. The van der Waals surface area contributed by atoms with E-state index >= 15 is 0 Å². The Morgan fingerprint density at radius 1 is 0.976 bits per heavy atom. The standard InChI is InChI=1S/C33H34FN3O5/c1-2-40-33(39)26-9-7-17-37(21-26)32(38)30-23-41-31(35-30)22-36(19-24-13-15-27(34)16-14-24)20-25-8-6-12-29(18-25)42-28-10-4-3-5-11-28/h3-6,8,10-16,18,23,26H,2,7,9,17,19-22H2,1H3/t26-/m0/s1. The summed E-state index contributed by atoms with van der Waals surface area (Å²) in [4.78, 5) is 33.7. The molecule has 1 aromatic heterocycles. The minimum absolute atomic E-state index is 0.203. The van der Waals surface area contributed by atoms with E-state index in [1.54, 1.807) is 24.0 Å². The molecule has 1 atom stereocenters. The Labute approximate surface area is 244 Å². The fourth-order valence-electron chi connectivity index (χ4n) is 5.05. The summed E-state index contributed by atoms with van der Waals surface area (Å²) in [5.41, 5.74) is 2.13. The van der Waals surface area contributed by atoms with E-state index in [9.17, 15) is 14.0 Å². The molecule has 4 aromatic rings. The van der Waals surface area contributed by atoms with Gasteiger partial charge in [-0.15, -0.1) is 0 Å². The number of esters is 1. The quantitative estimate of drug-likeness (QED) is 0.198. The van der Waals surface area contributed by atoms with Gasteiger partial charge in [-0.2, -0.15) is 0 Å². The number of piperidine rings is 1. The number of oxazole rings is 1. The van der Waals surface area contributed by atoms with Gasteiger partial charge in [-0.3, -0.25) is 14.5 Å². The second kappa shape index (κ2) is 13.9. The molecule has 0 spiro atoms. The molecule has 0 saturated carbocycles. The van der Waals surface area contributed by atoms with Crippen LogP contribution in [-0.2, 0) is 29.2 Å². The number of hydrogen-bond donors (Lipinski definition) is 0. The van der Waals surface area contributed by atoms with Crippen LogP contribution < -0.4 is 4.74 Å². The number of ether oxygens (including phenoxy) is 2. The molecule has 0 N–H and O–H groups in total. The van der Waals surface area contributed by atoms with Crippen molar-refractivity contribution in [3.05, 3.63) is 114 Å². The zero-order chi connectivity index (χ0) is 29.3. The van der Waals surface area contributed by atoms with Gasteiger partial charge in [-0.1, -0.05) is 42.5 Å². The molecule has 5 rings (SSSR count). The zero-order valence-electron chi connectivity index (χ0n) is 23.6.